The van der Waals surface area contributed by atoms with Crippen LogP contribution in [0.3, 0.4) is 0 Å². The topological polar surface area (TPSA) is 9.23 Å². The van der Waals surface area contributed by atoms with Crippen LogP contribution in [0.5, 0.6) is 5.75 Å². The van der Waals surface area contributed by atoms with Crippen molar-refractivity contribution in [2.24, 2.45) is 0 Å². The zero-order chi connectivity index (χ0) is 25.3. The molecule has 0 bridgehead atoms. The number of benzene rings is 3. The van der Waals surface area contributed by atoms with Crippen molar-refractivity contribution in [1.29, 1.82) is 0 Å². The van der Waals surface area contributed by atoms with Gasteiger partial charge >= 0.3 is 0 Å². The normalized spacial score (nSPS) is 17.3. The van der Waals surface area contributed by atoms with Crippen molar-refractivity contribution in [1.82, 2.24) is 0 Å². The Morgan fingerprint density at radius 1 is 0.771 bits per heavy atom. The van der Waals surface area contributed by atoms with Crippen molar-refractivity contribution in [3.63, 3.8) is 0 Å². The number of hydrogen-bond acceptors (Lipinski definition) is 1. The molecule has 1 unspecified atom stereocenters. The molecule has 0 saturated heterocycles. The molecule has 0 radical (unpaired) electrons. The SMILES string of the molecule is C=C1/C(=C/[Si](C(C)C)(C(C)C)C(C)C)Oc2ccc(C)cc2C1c1ccccc1-c1ccccc1. The van der Waals surface area contributed by atoms with E-state index in [0.717, 1.165) is 17.1 Å². The van der Waals surface area contributed by atoms with E-state index in [9.17, 15) is 0 Å². The van der Waals surface area contributed by atoms with E-state index in [1.807, 2.05) is 0 Å². The molecule has 1 nitrogen and oxygen atoms in total. The fourth-order valence-electron chi connectivity index (χ4n) is 6.33. The summed E-state index contributed by atoms with van der Waals surface area (Å²) in [6, 6.07) is 26.1. The fourth-order valence-corrected chi connectivity index (χ4v) is 12.0. The predicted octanol–water partition coefficient (Wildman–Crippen LogP) is 9.84. The van der Waals surface area contributed by atoms with E-state index >= 15 is 0 Å². The van der Waals surface area contributed by atoms with Gasteiger partial charge in [-0.2, -0.15) is 0 Å². The smallest absolute Gasteiger partial charge is 0.131 e. The third-order valence-electron chi connectivity index (χ3n) is 8.10. The standard InChI is InChI=1S/C33H40OSi/c1-22(2)35(23(3)4,24(5)6)21-32-26(8)33(30-20-25(7)18-19-31(30)34-32)29-17-13-12-16-28(29)27-14-10-9-11-15-27/h9-24,33H,8H2,1-7H3/b32-21-. The summed E-state index contributed by atoms with van der Waals surface area (Å²) in [5.41, 5.74) is 11.7. The second-order valence-corrected chi connectivity index (χ2v) is 16.8. The van der Waals surface area contributed by atoms with Crippen LogP contribution < -0.4 is 4.74 Å². The van der Waals surface area contributed by atoms with Crippen LogP contribution >= 0.6 is 0 Å². The molecule has 2 heteroatoms. The average Bonchev–Trinajstić information content (AvgIpc) is 2.83. The van der Waals surface area contributed by atoms with Crippen LogP contribution in [0.1, 0.15) is 64.2 Å². The van der Waals surface area contributed by atoms with Crippen LogP contribution in [0.2, 0.25) is 16.6 Å². The molecule has 0 saturated carbocycles. The molecule has 0 aliphatic carbocycles. The minimum absolute atomic E-state index is 0.0551. The summed E-state index contributed by atoms with van der Waals surface area (Å²) in [5, 5.41) is 0. The fraction of sp³-hybridized carbons (Fsp3) is 0.333. The molecule has 0 spiro atoms. The summed E-state index contributed by atoms with van der Waals surface area (Å²) in [6.45, 7) is 21.2. The van der Waals surface area contributed by atoms with Gasteiger partial charge in [0.25, 0.3) is 0 Å². The first-order chi connectivity index (χ1) is 16.7. The van der Waals surface area contributed by atoms with Crippen LogP contribution in [0.4, 0.5) is 0 Å². The predicted molar refractivity (Wildman–Crippen MR) is 154 cm³/mol. The quantitative estimate of drug-likeness (QED) is 0.319. The maximum atomic E-state index is 6.70. The van der Waals surface area contributed by atoms with Crippen molar-refractivity contribution < 1.29 is 4.74 Å². The van der Waals surface area contributed by atoms with Gasteiger partial charge in [-0.1, -0.05) is 126 Å². The molecule has 0 aromatic heterocycles. The summed E-state index contributed by atoms with van der Waals surface area (Å²) in [4.78, 5) is 0. The van der Waals surface area contributed by atoms with Gasteiger partial charge in [0.2, 0.25) is 0 Å². The average molecular weight is 481 g/mol. The van der Waals surface area contributed by atoms with Gasteiger partial charge in [-0.15, -0.1) is 0 Å². The lowest BCUT2D eigenvalue weighted by molar-refractivity contribution is 0.408. The van der Waals surface area contributed by atoms with E-state index in [0.29, 0.717) is 16.6 Å². The second kappa shape index (κ2) is 10.0. The first kappa shape index (κ1) is 25.3. The van der Waals surface area contributed by atoms with Crippen LogP contribution in [0, 0.1) is 6.92 Å². The van der Waals surface area contributed by atoms with Crippen LogP contribution in [0.25, 0.3) is 11.1 Å². The molecule has 1 atom stereocenters. The number of rotatable bonds is 6. The largest absolute Gasteiger partial charge is 0.457 e. The molecule has 1 heterocycles. The first-order valence-electron chi connectivity index (χ1n) is 13.0. The Morgan fingerprint density at radius 3 is 2.00 bits per heavy atom. The van der Waals surface area contributed by atoms with E-state index in [4.69, 9.17) is 11.3 Å². The van der Waals surface area contributed by atoms with E-state index in [2.05, 4.69) is 127 Å². The molecule has 35 heavy (non-hydrogen) atoms. The van der Waals surface area contributed by atoms with Gasteiger partial charge < -0.3 is 4.74 Å². The molecule has 0 amide bonds. The molecule has 3 aromatic carbocycles. The van der Waals surface area contributed by atoms with E-state index < -0.39 is 8.07 Å². The molecule has 182 valence electrons. The highest BCUT2D eigenvalue weighted by Gasteiger charge is 2.43. The lowest BCUT2D eigenvalue weighted by Gasteiger charge is -2.42. The zero-order valence-corrected chi connectivity index (χ0v) is 23.4. The van der Waals surface area contributed by atoms with E-state index in [-0.39, 0.29) is 5.92 Å². The van der Waals surface area contributed by atoms with Crippen molar-refractivity contribution in [3.05, 3.63) is 113 Å². The van der Waals surface area contributed by atoms with Gasteiger partial charge in [-0.25, -0.2) is 0 Å². The van der Waals surface area contributed by atoms with Crippen molar-refractivity contribution in [3.8, 4) is 16.9 Å². The summed E-state index contributed by atoms with van der Waals surface area (Å²) in [6.07, 6.45) is 0. The Kier molecular flexibility index (Phi) is 7.24. The Balaban J connectivity index is 1.96. The number of aryl methyl sites for hydroxylation is 1. The minimum Gasteiger partial charge on any atom is -0.457 e. The second-order valence-electron chi connectivity index (χ2n) is 11.0. The maximum absolute atomic E-state index is 6.70. The third-order valence-corrected chi connectivity index (χ3v) is 14.9. The summed E-state index contributed by atoms with van der Waals surface area (Å²) in [5.74, 6) is 2.00. The Bertz CT molecular complexity index is 1210. The highest BCUT2D eigenvalue weighted by atomic mass is 28.3. The van der Waals surface area contributed by atoms with Gasteiger partial charge in [-0.3, -0.25) is 0 Å². The molecule has 0 fully saturated rings. The molecule has 1 aliphatic heterocycles. The highest BCUT2D eigenvalue weighted by molar-refractivity contribution is 6.88. The monoisotopic (exact) mass is 480 g/mol. The zero-order valence-electron chi connectivity index (χ0n) is 22.4. The third kappa shape index (κ3) is 4.57. The molecular weight excluding hydrogens is 440 g/mol. The van der Waals surface area contributed by atoms with Gasteiger partial charge in [-0.05, 0) is 51.9 Å². The van der Waals surface area contributed by atoms with Gasteiger partial charge in [0.1, 0.15) is 11.5 Å². The lowest BCUT2D eigenvalue weighted by Crippen LogP contribution is -2.43. The molecule has 1 aliphatic rings. The first-order valence-corrected chi connectivity index (χ1v) is 15.3. The Morgan fingerprint density at radius 2 is 1.37 bits per heavy atom. The summed E-state index contributed by atoms with van der Waals surface area (Å²) in [7, 11) is -1.84. The van der Waals surface area contributed by atoms with Crippen LogP contribution in [0.15, 0.2) is 96.4 Å². The maximum Gasteiger partial charge on any atom is 0.131 e. The Labute approximate surface area is 213 Å². The minimum atomic E-state index is -1.84. The van der Waals surface area contributed by atoms with E-state index in [1.54, 1.807) is 0 Å². The van der Waals surface area contributed by atoms with Crippen molar-refractivity contribution in [2.75, 3.05) is 0 Å². The number of ether oxygens (including phenoxy) is 1. The summed E-state index contributed by atoms with van der Waals surface area (Å²) >= 11 is 0. The molecule has 0 N–H and O–H groups in total. The molecule has 4 rings (SSSR count). The van der Waals surface area contributed by atoms with Crippen molar-refractivity contribution >= 4 is 8.07 Å². The lowest BCUT2D eigenvalue weighted by atomic mass is 9.79. The number of fused-ring (bicyclic) bond motifs is 1. The molecular formula is C33H40OSi. The van der Waals surface area contributed by atoms with Gasteiger partial charge in [0.05, 0.1) is 8.07 Å². The number of hydrogen-bond donors (Lipinski definition) is 0. The summed E-state index contributed by atoms with van der Waals surface area (Å²) < 4.78 is 6.70. The van der Waals surface area contributed by atoms with Crippen LogP contribution in [-0.4, -0.2) is 8.07 Å². The molecule has 3 aromatic rings. The Hall–Kier alpha value is -2.84. The van der Waals surface area contributed by atoms with Gasteiger partial charge in [0, 0.05) is 11.5 Å². The number of allylic oxidation sites excluding steroid dienone is 1. The van der Waals surface area contributed by atoms with Crippen molar-refractivity contribution in [2.45, 2.75) is 71.0 Å². The van der Waals surface area contributed by atoms with Gasteiger partial charge in [0.15, 0.2) is 0 Å². The van der Waals surface area contributed by atoms with E-state index in [1.165, 1.54) is 27.8 Å². The highest BCUT2D eigenvalue weighted by Crippen LogP contribution is 2.50. The van der Waals surface area contributed by atoms with Crippen LogP contribution in [-0.2, 0) is 0 Å².